The third-order valence-electron chi connectivity index (χ3n) is 3.67. The Kier molecular flexibility index (Phi) is 3.93. The molecule has 1 saturated carbocycles. The van der Waals surface area contributed by atoms with Gasteiger partial charge in [-0.05, 0) is 56.7 Å². The second kappa shape index (κ2) is 5.07. The Labute approximate surface area is 107 Å². The lowest BCUT2D eigenvalue weighted by Crippen LogP contribution is -2.36. The van der Waals surface area contributed by atoms with Crippen LogP contribution >= 0.6 is 22.9 Å². The van der Waals surface area contributed by atoms with Crippen LogP contribution in [-0.4, -0.2) is 12.6 Å². The molecule has 1 heterocycles. The molecule has 90 valence electrons. The molecule has 0 amide bonds. The summed E-state index contributed by atoms with van der Waals surface area (Å²) in [6.45, 7) is 5.68. The molecular weight excluding hydrogens is 238 g/mol. The fourth-order valence-corrected chi connectivity index (χ4v) is 3.54. The van der Waals surface area contributed by atoms with Crippen molar-refractivity contribution in [2.75, 3.05) is 6.54 Å². The molecule has 0 saturated heterocycles. The predicted molar refractivity (Wildman–Crippen MR) is 72.5 cm³/mol. The maximum Gasteiger partial charge on any atom is 0.0931 e. The summed E-state index contributed by atoms with van der Waals surface area (Å²) >= 11 is 7.71. The van der Waals surface area contributed by atoms with E-state index in [0.29, 0.717) is 11.5 Å². The van der Waals surface area contributed by atoms with Crippen molar-refractivity contribution in [2.24, 2.45) is 5.41 Å². The second-order valence-corrected chi connectivity index (χ2v) is 6.72. The van der Waals surface area contributed by atoms with Gasteiger partial charge in [0.25, 0.3) is 0 Å². The average Bonchev–Trinajstić information content (AvgIpc) is 2.93. The summed E-state index contributed by atoms with van der Waals surface area (Å²) in [7, 11) is 0. The van der Waals surface area contributed by atoms with Crippen molar-refractivity contribution in [2.45, 2.75) is 45.6 Å². The smallest absolute Gasteiger partial charge is 0.0931 e. The van der Waals surface area contributed by atoms with Gasteiger partial charge in [-0.2, -0.15) is 0 Å². The molecular formula is C13H20ClNS. The van der Waals surface area contributed by atoms with Crippen LogP contribution in [0.5, 0.6) is 0 Å². The summed E-state index contributed by atoms with van der Waals surface area (Å²) in [5.74, 6) is 0. The van der Waals surface area contributed by atoms with Crippen LogP contribution in [0.3, 0.4) is 0 Å². The van der Waals surface area contributed by atoms with E-state index in [4.69, 9.17) is 11.6 Å². The van der Waals surface area contributed by atoms with Gasteiger partial charge in [0.1, 0.15) is 0 Å². The first-order valence-corrected chi connectivity index (χ1v) is 7.33. The highest BCUT2D eigenvalue weighted by atomic mass is 35.5. The van der Waals surface area contributed by atoms with E-state index in [1.807, 2.05) is 6.07 Å². The lowest BCUT2D eigenvalue weighted by atomic mass is 9.93. The Hall–Kier alpha value is -0.0500. The largest absolute Gasteiger partial charge is 0.314 e. The summed E-state index contributed by atoms with van der Waals surface area (Å²) < 4.78 is 0.917. The van der Waals surface area contributed by atoms with Gasteiger partial charge in [0.2, 0.25) is 0 Å². The highest BCUT2D eigenvalue weighted by molar-refractivity contribution is 7.16. The van der Waals surface area contributed by atoms with Crippen molar-refractivity contribution in [3.05, 3.63) is 21.3 Å². The van der Waals surface area contributed by atoms with Crippen LogP contribution in [0, 0.1) is 5.41 Å². The molecule has 2 rings (SSSR count). The number of hydrogen-bond acceptors (Lipinski definition) is 2. The Morgan fingerprint density at radius 1 is 1.50 bits per heavy atom. The molecule has 1 aromatic rings. The molecule has 0 radical (unpaired) electrons. The number of nitrogens with one attached hydrogen (secondary N) is 1. The lowest BCUT2D eigenvalue weighted by Gasteiger charge is -2.24. The zero-order valence-electron chi connectivity index (χ0n) is 10.1. The minimum absolute atomic E-state index is 0.517. The van der Waals surface area contributed by atoms with Crippen molar-refractivity contribution in [1.82, 2.24) is 5.32 Å². The lowest BCUT2D eigenvalue weighted by molar-refractivity contribution is 0.352. The highest BCUT2D eigenvalue weighted by Gasteiger charge is 2.47. The van der Waals surface area contributed by atoms with Gasteiger partial charge in [0.15, 0.2) is 0 Å². The Morgan fingerprint density at radius 3 is 2.75 bits per heavy atom. The van der Waals surface area contributed by atoms with Crippen molar-refractivity contribution >= 4 is 22.9 Å². The zero-order valence-corrected chi connectivity index (χ0v) is 11.6. The van der Waals surface area contributed by atoms with Crippen LogP contribution < -0.4 is 5.32 Å². The van der Waals surface area contributed by atoms with E-state index in [9.17, 15) is 0 Å². The predicted octanol–water partition coefficient (Wildman–Crippen LogP) is 4.11. The van der Waals surface area contributed by atoms with Gasteiger partial charge in [0, 0.05) is 10.9 Å². The third kappa shape index (κ3) is 2.79. The molecule has 0 aromatic carbocycles. The fourth-order valence-electron chi connectivity index (χ4n) is 2.29. The molecule has 1 N–H and O–H groups in total. The summed E-state index contributed by atoms with van der Waals surface area (Å²) in [5.41, 5.74) is 0.517. The minimum Gasteiger partial charge on any atom is -0.314 e. The first-order valence-electron chi connectivity index (χ1n) is 6.14. The third-order valence-corrected chi connectivity index (χ3v) is 4.90. The van der Waals surface area contributed by atoms with Gasteiger partial charge in [-0.1, -0.05) is 18.5 Å². The summed E-state index contributed by atoms with van der Waals surface area (Å²) in [6, 6.07) is 4.83. The SMILES string of the molecule is CCCNC(C)C1(Cc2ccc(Cl)s2)CC1. The molecule has 1 atom stereocenters. The summed E-state index contributed by atoms with van der Waals surface area (Å²) in [6.07, 6.45) is 5.13. The average molecular weight is 258 g/mol. The van der Waals surface area contributed by atoms with E-state index in [2.05, 4.69) is 25.2 Å². The maximum absolute atomic E-state index is 5.98. The van der Waals surface area contributed by atoms with Gasteiger partial charge < -0.3 is 5.32 Å². The fraction of sp³-hybridized carbons (Fsp3) is 0.692. The van der Waals surface area contributed by atoms with Crippen LogP contribution in [0.1, 0.15) is 38.0 Å². The molecule has 1 aliphatic carbocycles. The monoisotopic (exact) mass is 257 g/mol. The molecule has 1 aliphatic rings. The van der Waals surface area contributed by atoms with Crippen LogP contribution in [0.25, 0.3) is 0 Å². The number of thiophene rings is 1. The topological polar surface area (TPSA) is 12.0 Å². The Balaban J connectivity index is 1.92. The van der Waals surface area contributed by atoms with Crippen LogP contribution in [0.4, 0.5) is 0 Å². The standard InChI is InChI=1S/C13H20ClNS/c1-3-8-15-10(2)13(6-7-13)9-11-4-5-12(14)16-11/h4-5,10,15H,3,6-9H2,1-2H3. The van der Waals surface area contributed by atoms with E-state index in [0.717, 1.165) is 10.9 Å². The molecule has 1 fully saturated rings. The van der Waals surface area contributed by atoms with Crippen molar-refractivity contribution < 1.29 is 0 Å². The summed E-state index contributed by atoms with van der Waals surface area (Å²) in [5, 5.41) is 3.63. The number of rotatable bonds is 6. The normalized spacial score (nSPS) is 19.7. The number of halogens is 1. The molecule has 16 heavy (non-hydrogen) atoms. The van der Waals surface area contributed by atoms with Crippen molar-refractivity contribution in [1.29, 1.82) is 0 Å². The maximum atomic E-state index is 5.98. The first-order chi connectivity index (χ1) is 7.66. The van der Waals surface area contributed by atoms with Crippen LogP contribution in [-0.2, 0) is 6.42 Å². The van der Waals surface area contributed by atoms with Crippen molar-refractivity contribution in [3.63, 3.8) is 0 Å². The van der Waals surface area contributed by atoms with E-state index in [1.165, 1.54) is 30.6 Å². The molecule has 1 aromatic heterocycles. The zero-order chi connectivity index (χ0) is 11.6. The minimum atomic E-state index is 0.517. The van der Waals surface area contributed by atoms with Crippen LogP contribution in [0.2, 0.25) is 4.34 Å². The molecule has 1 unspecified atom stereocenters. The molecule has 0 spiro atoms. The van der Waals surface area contributed by atoms with Gasteiger partial charge in [-0.15, -0.1) is 11.3 Å². The van der Waals surface area contributed by atoms with Gasteiger partial charge in [-0.25, -0.2) is 0 Å². The van der Waals surface area contributed by atoms with Crippen LogP contribution in [0.15, 0.2) is 12.1 Å². The first kappa shape index (κ1) is 12.4. The Bertz CT molecular complexity index is 343. The molecule has 0 aliphatic heterocycles. The van der Waals surface area contributed by atoms with Gasteiger partial charge in [-0.3, -0.25) is 0 Å². The van der Waals surface area contributed by atoms with E-state index < -0.39 is 0 Å². The second-order valence-electron chi connectivity index (χ2n) is 4.92. The molecule has 3 heteroatoms. The van der Waals surface area contributed by atoms with Gasteiger partial charge in [0.05, 0.1) is 4.34 Å². The van der Waals surface area contributed by atoms with E-state index in [-0.39, 0.29) is 0 Å². The van der Waals surface area contributed by atoms with E-state index >= 15 is 0 Å². The van der Waals surface area contributed by atoms with Gasteiger partial charge >= 0.3 is 0 Å². The van der Waals surface area contributed by atoms with Crippen molar-refractivity contribution in [3.8, 4) is 0 Å². The summed E-state index contributed by atoms with van der Waals surface area (Å²) in [4.78, 5) is 1.44. The highest BCUT2D eigenvalue weighted by Crippen LogP contribution is 2.52. The quantitative estimate of drug-likeness (QED) is 0.809. The number of hydrogen-bond donors (Lipinski definition) is 1. The Morgan fingerprint density at radius 2 is 2.25 bits per heavy atom. The van der Waals surface area contributed by atoms with E-state index in [1.54, 1.807) is 11.3 Å². The molecule has 1 nitrogen and oxygen atoms in total. The molecule has 0 bridgehead atoms.